The summed E-state index contributed by atoms with van der Waals surface area (Å²) in [4.78, 5) is 17.1. The van der Waals surface area contributed by atoms with Crippen LogP contribution in [0.5, 0.6) is 0 Å². The van der Waals surface area contributed by atoms with E-state index in [9.17, 15) is 18.0 Å². The number of nitrogens with one attached hydrogen (secondary N) is 1. The normalized spacial score (nSPS) is 12.4. The molecule has 0 saturated carbocycles. The first kappa shape index (κ1) is 25.3. The summed E-state index contributed by atoms with van der Waals surface area (Å²) in [5, 5.41) is 3.91. The molecule has 1 N–H and O–H groups in total. The van der Waals surface area contributed by atoms with Gasteiger partial charge in [0.1, 0.15) is 0 Å². The first-order valence-corrected chi connectivity index (χ1v) is 12.3. The average Bonchev–Trinajstić information content (AvgIpc) is 3.29. The van der Waals surface area contributed by atoms with Crippen LogP contribution in [-0.2, 0) is 24.1 Å². The molecular weight excluding hydrogens is 487 g/mol. The minimum atomic E-state index is -4.43. The summed E-state index contributed by atoms with van der Waals surface area (Å²) in [6.07, 6.45) is 1.01. The zero-order valence-electron chi connectivity index (χ0n) is 20.5. The summed E-state index contributed by atoms with van der Waals surface area (Å²) in [6, 6.07) is 26.7. The molecule has 2 aromatic heterocycles. The van der Waals surface area contributed by atoms with Gasteiger partial charge in [0, 0.05) is 54.9 Å². The second kappa shape index (κ2) is 10.9. The number of para-hydroxylation sites is 1. The van der Waals surface area contributed by atoms with Crippen molar-refractivity contribution in [2.75, 3.05) is 0 Å². The molecule has 192 valence electrons. The molecule has 7 heteroatoms. The highest BCUT2D eigenvalue weighted by molar-refractivity contribution is 5.86. The lowest BCUT2D eigenvalue weighted by molar-refractivity contribution is -0.137. The molecule has 0 aliphatic carbocycles. The van der Waals surface area contributed by atoms with Crippen molar-refractivity contribution in [2.24, 2.45) is 0 Å². The Morgan fingerprint density at radius 3 is 2.24 bits per heavy atom. The van der Waals surface area contributed by atoms with Gasteiger partial charge in [-0.25, -0.2) is 0 Å². The molecule has 0 aliphatic heterocycles. The van der Waals surface area contributed by atoms with Gasteiger partial charge < -0.3 is 9.88 Å². The van der Waals surface area contributed by atoms with Crippen molar-refractivity contribution in [2.45, 2.75) is 31.6 Å². The number of rotatable bonds is 8. The number of nitrogens with zero attached hydrogens (tertiary/aromatic N) is 2. The van der Waals surface area contributed by atoms with E-state index in [1.165, 1.54) is 12.1 Å². The van der Waals surface area contributed by atoms with Gasteiger partial charge in [-0.15, -0.1) is 0 Å². The van der Waals surface area contributed by atoms with Gasteiger partial charge in [-0.2, -0.15) is 13.2 Å². The Hall–Kier alpha value is -4.39. The molecule has 0 spiro atoms. The lowest BCUT2D eigenvalue weighted by atomic mass is 9.87. The number of fused-ring (bicyclic) bond motifs is 1. The Morgan fingerprint density at radius 1 is 0.842 bits per heavy atom. The van der Waals surface area contributed by atoms with Crippen LogP contribution in [0.3, 0.4) is 0 Å². The van der Waals surface area contributed by atoms with E-state index in [0.29, 0.717) is 18.7 Å². The zero-order chi connectivity index (χ0) is 26.5. The van der Waals surface area contributed by atoms with Crippen LogP contribution in [0.4, 0.5) is 13.2 Å². The molecule has 0 unspecified atom stereocenters. The molecule has 0 fully saturated rings. The molecule has 1 amide bonds. The van der Waals surface area contributed by atoms with Crippen LogP contribution in [0.2, 0.25) is 0 Å². The second-order valence-corrected chi connectivity index (χ2v) is 9.22. The molecule has 38 heavy (non-hydrogen) atoms. The Morgan fingerprint density at radius 2 is 1.53 bits per heavy atom. The van der Waals surface area contributed by atoms with E-state index in [0.717, 1.165) is 39.7 Å². The number of halogens is 3. The summed E-state index contributed by atoms with van der Waals surface area (Å²) in [5.41, 5.74) is 3.88. The maximum Gasteiger partial charge on any atom is 0.416 e. The third-order valence-electron chi connectivity index (χ3n) is 6.66. The largest absolute Gasteiger partial charge is 0.416 e. The molecular formula is C31H26F3N3O. The van der Waals surface area contributed by atoms with Gasteiger partial charge in [-0.1, -0.05) is 60.7 Å². The molecule has 2 heterocycles. The monoisotopic (exact) mass is 513 g/mol. The lowest BCUT2D eigenvalue weighted by Gasteiger charge is -2.18. The number of pyridine rings is 1. The number of benzene rings is 3. The fraction of sp³-hybridized carbons (Fsp3) is 0.161. The van der Waals surface area contributed by atoms with E-state index in [1.807, 2.05) is 72.9 Å². The number of hydrogen-bond donors (Lipinski definition) is 1. The summed E-state index contributed by atoms with van der Waals surface area (Å²) in [5.74, 6) is -0.622. The van der Waals surface area contributed by atoms with Crippen LogP contribution in [0.25, 0.3) is 10.9 Å². The Bertz CT molecular complexity index is 1510. The Labute approximate surface area is 218 Å². The standard InChI is InChI=1S/C31H26F3N3O/c32-31(33,34)25-12-10-24(11-13-25)27(18-30(38)36-19-22-14-16-35-17-15-22)28-21-37(20-23-6-2-1-3-7-23)29-9-5-4-8-26(28)29/h1-17,21,27H,18-20H2,(H,36,38)/t27-/m0/s1. The zero-order valence-corrected chi connectivity index (χ0v) is 20.5. The summed E-state index contributed by atoms with van der Waals surface area (Å²) < 4.78 is 41.9. The maximum atomic E-state index is 13.3. The Kier molecular flexibility index (Phi) is 7.26. The van der Waals surface area contributed by atoms with Gasteiger partial charge in [-0.3, -0.25) is 9.78 Å². The summed E-state index contributed by atoms with van der Waals surface area (Å²) >= 11 is 0. The molecule has 5 aromatic rings. The summed E-state index contributed by atoms with van der Waals surface area (Å²) in [7, 11) is 0. The quantitative estimate of drug-likeness (QED) is 0.244. The number of hydrogen-bond acceptors (Lipinski definition) is 2. The number of amides is 1. The summed E-state index contributed by atoms with van der Waals surface area (Å²) in [6.45, 7) is 0.978. The lowest BCUT2D eigenvalue weighted by Crippen LogP contribution is -2.25. The first-order valence-electron chi connectivity index (χ1n) is 12.3. The van der Waals surface area contributed by atoms with Crippen molar-refractivity contribution < 1.29 is 18.0 Å². The predicted octanol–water partition coefficient (Wildman–Crippen LogP) is 6.94. The number of carbonyl (C=O) groups is 1. The van der Waals surface area contributed by atoms with Gasteiger partial charge in [0.2, 0.25) is 5.91 Å². The van der Waals surface area contributed by atoms with Crippen molar-refractivity contribution in [3.8, 4) is 0 Å². The van der Waals surface area contributed by atoms with Crippen molar-refractivity contribution in [3.63, 3.8) is 0 Å². The molecule has 0 bridgehead atoms. The van der Waals surface area contributed by atoms with Crippen LogP contribution < -0.4 is 5.32 Å². The number of aromatic nitrogens is 2. The van der Waals surface area contributed by atoms with Gasteiger partial charge in [0.15, 0.2) is 0 Å². The van der Waals surface area contributed by atoms with Crippen molar-refractivity contribution in [1.29, 1.82) is 0 Å². The smallest absolute Gasteiger partial charge is 0.352 e. The SMILES string of the molecule is O=C(C[C@@H](c1ccc(C(F)(F)F)cc1)c1cn(Cc2ccccc2)c2ccccc12)NCc1ccncc1. The van der Waals surface area contributed by atoms with Gasteiger partial charge >= 0.3 is 6.18 Å². The second-order valence-electron chi connectivity index (χ2n) is 9.22. The predicted molar refractivity (Wildman–Crippen MR) is 141 cm³/mol. The molecule has 5 rings (SSSR count). The van der Waals surface area contributed by atoms with Crippen LogP contribution in [0.15, 0.2) is 110 Å². The molecule has 0 saturated heterocycles. The maximum absolute atomic E-state index is 13.3. The topological polar surface area (TPSA) is 46.9 Å². The van der Waals surface area contributed by atoms with Gasteiger partial charge in [-0.05, 0) is 52.6 Å². The number of alkyl halides is 3. The van der Waals surface area contributed by atoms with Crippen LogP contribution >= 0.6 is 0 Å². The van der Waals surface area contributed by atoms with Crippen LogP contribution in [0.1, 0.15) is 40.2 Å². The van der Waals surface area contributed by atoms with E-state index < -0.39 is 17.7 Å². The van der Waals surface area contributed by atoms with E-state index in [4.69, 9.17) is 0 Å². The molecule has 0 radical (unpaired) electrons. The highest BCUT2D eigenvalue weighted by Gasteiger charge is 2.31. The minimum Gasteiger partial charge on any atom is -0.352 e. The highest BCUT2D eigenvalue weighted by Crippen LogP contribution is 2.37. The van der Waals surface area contributed by atoms with Crippen molar-refractivity contribution >= 4 is 16.8 Å². The van der Waals surface area contributed by atoms with Crippen molar-refractivity contribution in [1.82, 2.24) is 14.9 Å². The van der Waals surface area contributed by atoms with E-state index in [2.05, 4.69) is 14.9 Å². The van der Waals surface area contributed by atoms with E-state index in [1.54, 1.807) is 12.4 Å². The van der Waals surface area contributed by atoms with E-state index >= 15 is 0 Å². The first-order chi connectivity index (χ1) is 18.4. The fourth-order valence-corrected chi connectivity index (χ4v) is 4.73. The van der Waals surface area contributed by atoms with E-state index in [-0.39, 0.29) is 12.3 Å². The molecule has 3 aromatic carbocycles. The third kappa shape index (κ3) is 5.78. The Balaban J connectivity index is 1.51. The molecule has 4 nitrogen and oxygen atoms in total. The fourth-order valence-electron chi connectivity index (χ4n) is 4.73. The van der Waals surface area contributed by atoms with Crippen LogP contribution in [0, 0.1) is 0 Å². The minimum absolute atomic E-state index is 0.0930. The average molecular weight is 514 g/mol. The van der Waals surface area contributed by atoms with Gasteiger partial charge in [0.25, 0.3) is 0 Å². The highest BCUT2D eigenvalue weighted by atomic mass is 19.4. The number of carbonyl (C=O) groups excluding carboxylic acids is 1. The van der Waals surface area contributed by atoms with Crippen molar-refractivity contribution in [3.05, 3.63) is 137 Å². The third-order valence-corrected chi connectivity index (χ3v) is 6.66. The molecule has 0 aliphatic rings. The van der Waals surface area contributed by atoms with Gasteiger partial charge in [0.05, 0.1) is 5.56 Å². The molecule has 1 atom stereocenters. The van der Waals surface area contributed by atoms with Crippen LogP contribution in [-0.4, -0.2) is 15.5 Å².